The van der Waals surface area contributed by atoms with Crippen LogP contribution >= 0.6 is 0 Å². The highest BCUT2D eigenvalue weighted by atomic mass is 14.2. The highest BCUT2D eigenvalue weighted by molar-refractivity contribution is 6.23. The molecule has 18 heavy (non-hydrogen) atoms. The first-order valence-corrected chi connectivity index (χ1v) is 8.41. The standard InChI is InChI=1S/C12H30B6/c13-7-1-2-8(14)10(16)5-6-12(18)11(17)4-3-9(7)15/h7-12H,1-6,13-18H2. The molecular weight excluding hydrogens is 209 g/mol. The van der Waals surface area contributed by atoms with E-state index in [0.29, 0.717) is 0 Å². The minimum atomic E-state index is 0.918. The molecule has 1 aliphatic carbocycles. The molecule has 6 heteroatoms. The van der Waals surface area contributed by atoms with E-state index in [1.165, 1.54) is 38.5 Å². The van der Waals surface area contributed by atoms with Crippen molar-refractivity contribution in [1.82, 2.24) is 0 Å². The molecule has 1 aliphatic rings. The third-order valence-corrected chi connectivity index (χ3v) is 6.15. The summed E-state index contributed by atoms with van der Waals surface area (Å²) in [6.07, 6.45) is 8.65. The van der Waals surface area contributed by atoms with Gasteiger partial charge in [0, 0.05) is 0 Å². The molecule has 0 heterocycles. The van der Waals surface area contributed by atoms with Gasteiger partial charge < -0.3 is 0 Å². The average Bonchev–Trinajstić information content (AvgIpc) is 2.36. The van der Waals surface area contributed by atoms with E-state index in [2.05, 4.69) is 47.1 Å². The van der Waals surface area contributed by atoms with Crippen LogP contribution in [-0.4, -0.2) is 47.1 Å². The molecule has 0 aliphatic heterocycles. The number of rotatable bonds is 0. The lowest BCUT2D eigenvalue weighted by molar-refractivity contribution is 0.504. The molecule has 1 fully saturated rings. The van der Waals surface area contributed by atoms with Gasteiger partial charge in [-0.3, -0.25) is 0 Å². The van der Waals surface area contributed by atoms with Gasteiger partial charge in [0.2, 0.25) is 0 Å². The molecule has 0 spiro atoms. The molecule has 0 aromatic rings. The van der Waals surface area contributed by atoms with Crippen LogP contribution in [-0.2, 0) is 0 Å². The lowest BCUT2D eigenvalue weighted by atomic mass is 9.54. The molecule has 1 rings (SSSR count). The van der Waals surface area contributed by atoms with E-state index in [4.69, 9.17) is 0 Å². The van der Waals surface area contributed by atoms with Gasteiger partial charge in [-0.15, -0.1) is 0 Å². The van der Waals surface area contributed by atoms with E-state index in [0.717, 1.165) is 34.9 Å². The van der Waals surface area contributed by atoms with Crippen LogP contribution in [0.25, 0.3) is 0 Å². The maximum atomic E-state index is 2.47. The second-order valence-corrected chi connectivity index (χ2v) is 7.60. The summed E-state index contributed by atoms with van der Waals surface area (Å²) in [7, 11) is 14.8. The van der Waals surface area contributed by atoms with Crippen molar-refractivity contribution >= 4 is 47.1 Å². The van der Waals surface area contributed by atoms with Crippen molar-refractivity contribution in [2.75, 3.05) is 0 Å². The molecule has 0 N–H and O–H groups in total. The van der Waals surface area contributed by atoms with Crippen molar-refractivity contribution < 1.29 is 0 Å². The monoisotopic (exact) mass is 240 g/mol. The van der Waals surface area contributed by atoms with Gasteiger partial charge in [-0.25, -0.2) is 0 Å². The maximum Gasteiger partial charge on any atom is 0.104 e. The van der Waals surface area contributed by atoms with E-state index in [-0.39, 0.29) is 0 Å². The fourth-order valence-corrected chi connectivity index (χ4v) is 3.28. The first-order valence-electron chi connectivity index (χ1n) is 8.41. The lowest BCUT2D eigenvalue weighted by Crippen LogP contribution is -2.13. The number of hydrogen-bond donors (Lipinski definition) is 0. The first-order chi connectivity index (χ1) is 8.41. The first kappa shape index (κ1) is 16.4. The Morgan fingerprint density at radius 3 is 0.556 bits per heavy atom. The largest absolute Gasteiger partial charge is 0.104 e. The summed E-state index contributed by atoms with van der Waals surface area (Å²) in [5, 5.41) is 0. The lowest BCUT2D eigenvalue weighted by Gasteiger charge is -2.30. The van der Waals surface area contributed by atoms with Crippen molar-refractivity contribution in [1.29, 1.82) is 0 Å². The van der Waals surface area contributed by atoms with Crippen LogP contribution in [0.5, 0.6) is 0 Å². The zero-order chi connectivity index (χ0) is 13.7. The molecule has 0 radical (unpaired) electrons. The minimum absolute atomic E-state index is 0.918. The molecule has 0 aromatic heterocycles. The molecule has 6 unspecified atom stereocenters. The normalized spacial score (nSPS) is 44.7. The summed E-state index contributed by atoms with van der Waals surface area (Å²) in [4.78, 5) is 0. The molecule has 96 valence electrons. The van der Waals surface area contributed by atoms with E-state index in [9.17, 15) is 0 Å². The van der Waals surface area contributed by atoms with Crippen molar-refractivity contribution in [2.45, 2.75) is 73.4 Å². The summed E-state index contributed by atoms with van der Waals surface area (Å²) in [5.41, 5.74) is 0. The van der Waals surface area contributed by atoms with Crippen LogP contribution in [0.15, 0.2) is 0 Å². The Bertz CT molecular complexity index is 175. The van der Waals surface area contributed by atoms with Crippen molar-refractivity contribution in [3.63, 3.8) is 0 Å². The van der Waals surface area contributed by atoms with Gasteiger partial charge in [0.1, 0.15) is 47.1 Å². The predicted octanol–water partition coefficient (Wildman–Crippen LogP) is -1.13. The Morgan fingerprint density at radius 1 is 0.333 bits per heavy atom. The van der Waals surface area contributed by atoms with Gasteiger partial charge in [0.25, 0.3) is 0 Å². The highest BCUT2D eigenvalue weighted by Crippen LogP contribution is 2.40. The summed E-state index contributed by atoms with van der Waals surface area (Å²) in [6.45, 7) is 0. The molecule has 0 saturated heterocycles. The molecule has 0 aromatic carbocycles. The zero-order valence-corrected chi connectivity index (χ0v) is 13.7. The van der Waals surface area contributed by atoms with Gasteiger partial charge in [-0.2, -0.15) is 0 Å². The summed E-state index contributed by atoms with van der Waals surface area (Å²) < 4.78 is 0. The Labute approximate surface area is 121 Å². The molecular formula is C12H30B6. The Balaban J connectivity index is 2.61. The van der Waals surface area contributed by atoms with Crippen LogP contribution in [0.4, 0.5) is 0 Å². The second kappa shape index (κ2) is 7.85. The van der Waals surface area contributed by atoms with E-state index in [1.807, 2.05) is 0 Å². The van der Waals surface area contributed by atoms with E-state index >= 15 is 0 Å². The molecule has 0 amide bonds. The van der Waals surface area contributed by atoms with E-state index in [1.54, 1.807) is 0 Å². The van der Waals surface area contributed by atoms with Crippen LogP contribution in [0.1, 0.15) is 38.5 Å². The highest BCUT2D eigenvalue weighted by Gasteiger charge is 2.21. The van der Waals surface area contributed by atoms with Gasteiger partial charge in [-0.1, -0.05) is 73.4 Å². The zero-order valence-electron chi connectivity index (χ0n) is 13.7. The van der Waals surface area contributed by atoms with Crippen LogP contribution in [0.2, 0.25) is 34.9 Å². The summed E-state index contributed by atoms with van der Waals surface area (Å²) >= 11 is 0. The van der Waals surface area contributed by atoms with Crippen LogP contribution < -0.4 is 0 Å². The third kappa shape index (κ3) is 5.17. The van der Waals surface area contributed by atoms with Gasteiger partial charge in [0.15, 0.2) is 0 Å². The summed E-state index contributed by atoms with van der Waals surface area (Å²) in [6, 6.07) is 0. The van der Waals surface area contributed by atoms with Crippen LogP contribution in [0.3, 0.4) is 0 Å². The smallest absolute Gasteiger partial charge is 0.0739 e. The Hall–Kier alpha value is 0.390. The van der Waals surface area contributed by atoms with Gasteiger partial charge in [0.05, 0.1) is 0 Å². The van der Waals surface area contributed by atoms with Gasteiger partial charge >= 0.3 is 0 Å². The van der Waals surface area contributed by atoms with Crippen molar-refractivity contribution in [2.24, 2.45) is 0 Å². The molecule has 6 atom stereocenters. The topological polar surface area (TPSA) is 0 Å². The van der Waals surface area contributed by atoms with Gasteiger partial charge in [-0.05, 0) is 0 Å². The fourth-order valence-electron chi connectivity index (χ4n) is 3.28. The van der Waals surface area contributed by atoms with Crippen molar-refractivity contribution in [3.05, 3.63) is 0 Å². The predicted molar refractivity (Wildman–Crippen MR) is 101 cm³/mol. The maximum absolute atomic E-state index is 2.47. The van der Waals surface area contributed by atoms with E-state index < -0.39 is 0 Å². The quantitative estimate of drug-likeness (QED) is 0.469. The number of hydrogen-bond acceptors (Lipinski definition) is 0. The third-order valence-electron chi connectivity index (χ3n) is 6.15. The Morgan fingerprint density at radius 2 is 0.444 bits per heavy atom. The molecule has 1 saturated carbocycles. The van der Waals surface area contributed by atoms with Crippen LogP contribution in [0, 0.1) is 0 Å². The molecule has 0 nitrogen and oxygen atoms in total. The fraction of sp³-hybridized carbons (Fsp3) is 1.00. The molecule has 0 bridgehead atoms. The van der Waals surface area contributed by atoms with Crippen molar-refractivity contribution in [3.8, 4) is 0 Å². The SMILES string of the molecule is BC1CCC(B)C(B)CCC(B)C(B)CCC1B. The minimum Gasteiger partial charge on any atom is -0.0739 e. The second-order valence-electron chi connectivity index (χ2n) is 7.60. The Kier molecular flexibility index (Phi) is 7.17. The summed E-state index contributed by atoms with van der Waals surface area (Å²) in [5.74, 6) is 5.51. The average molecular weight is 239 g/mol.